The van der Waals surface area contributed by atoms with Crippen LogP contribution in [0.3, 0.4) is 0 Å². The highest BCUT2D eigenvalue weighted by molar-refractivity contribution is 6.16. The first-order valence-corrected chi connectivity index (χ1v) is 12.6. The van der Waals surface area contributed by atoms with Gasteiger partial charge in [-0.15, -0.1) is 0 Å². The van der Waals surface area contributed by atoms with Crippen LogP contribution in [0, 0.1) is 5.92 Å². The van der Waals surface area contributed by atoms with Gasteiger partial charge < -0.3 is 29.0 Å². The van der Waals surface area contributed by atoms with E-state index in [1.165, 1.54) is 24.1 Å². The van der Waals surface area contributed by atoms with E-state index in [0.717, 1.165) is 5.56 Å². The van der Waals surface area contributed by atoms with Crippen molar-refractivity contribution in [2.45, 2.75) is 26.4 Å². The van der Waals surface area contributed by atoms with Crippen LogP contribution in [-0.2, 0) is 11.3 Å². The molecule has 5 rings (SSSR count). The topological polar surface area (TPSA) is 109 Å². The number of ether oxygens (including phenoxy) is 2. The molecule has 200 valence electrons. The second-order valence-corrected chi connectivity index (χ2v) is 9.86. The van der Waals surface area contributed by atoms with Crippen molar-refractivity contribution < 1.29 is 33.7 Å². The van der Waals surface area contributed by atoms with Crippen molar-refractivity contribution in [3.8, 4) is 17.2 Å². The Morgan fingerprint density at radius 1 is 1.03 bits per heavy atom. The summed E-state index contributed by atoms with van der Waals surface area (Å²) in [6.07, 6.45) is 0. The van der Waals surface area contributed by atoms with Gasteiger partial charge in [0.1, 0.15) is 11.5 Å². The van der Waals surface area contributed by atoms with E-state index in [1.54, 1.807) is 36.4 Å². The summed E-state index contributed by atoms with van der Waals surface area (Å²) in [6, 6.07) is 19.5. The molecule has 2 heterocycles. The van der Waals surface area contributed by atoms with Gasteiger partial charge in [0.05, 0.1) is 25.3 Å². The van der Waals surface area contributed by atoms with Crippen LogP contribution in [0.5, 0.6) is 17.2 Å². The summed E-state index contributed by atoms with van der Waals surface area (Å²) >= 11 is 0. The lowest BCUT2D eigenvalue weighted by molar-refractivity contribution is -0.130. The molecule has 0 saturated carbocycles. The van der Waals surface area contributed by atoms with Crippen LogP contribution in [0.25, 0.3) is 11.0 Å². The summed E-state index contributed by atoms with van der Waals surface area (Å²) in [5.74, 6) is -0.351. The molecule has 1 aromatic heterocycles. The Balaban J connectivity index is 1.50. The van der Waals surface area contributed by atoms with Crippen LogP contribution in [0.4, 0.5) is 0 Å². The Morgan fingerprint density at radius 2 is 1.74 bits per heavy atom. The third-order valence-corrected chi connectivity index (χ3v) is 6.57. The third-order valence-electron chi connectivity index (χ3n) is 6.57. The summed E-state index contributed by atoms with van der Waals surface area (Å²) in [7, 11) is 1.50. The van der Waals surface area contributed by atoms with Crippen LogP contribution < -0.4 is 9.47 Å². The Kier molecular flexibility index (Phi) is 7.02. The maximum Gasteiger partial charge on any atom is 0.290 e. The quantitative estimate of drug-likeness (QED) is 0.259. The number of furan rings is 1. The molecule has 8 nitrogen and oxygen atoms in total. The van der Waals surface area contributed by atoms with Gasteiger partial charge in [-0.3, -0.25) is 9.59 Å². The van der Waals surface area contributed by atoms with Gasteiger partial charge in [0.15, 0.2) is 22.9 Å². The van der Waals surface area contributed by atoms with E-state index in [0.29, 0.717) is 40.6 Å². The fourth-order valence-electron chi connectivity index (χ4n) is 4.64. The third kappa shape index (κ3) is 5.05. The van der Waals surface area contributed by atoms with Gasteiger partial charge in [-0.2, -0.15) is 0 Å². The molecule has 1 aliphatic rings. The average Bonchev–Trinajstić information content (AvgIpc) is 3.48. The summed E-state index contributed by atoms with van der Waals surface area (Å²) in [4.78, 5) is 28.6. The monoisotopic (exact) mass is 527 g/mol. The number of aromatic hydroxyl groups is 1. The number of methoxy groups -OCH3 is 1. The molecule has 39 heavy (non-hydrogen) atoms. The van der Waals surface area contributed by atoms with Crippen molar-refractivity contribution in [1.82, 2.24) is 4.90 Å². The van der Waals surface area contributed by atoms with E-state index in [9.17, 15) is 19.8 Å². The Bertz CT molecular complexity index is 1550. The van der Waals surface area contributed by atoms with Gasteiger partial charge in [-0.05, 0) is 53.4 Å². The number of carbonyl (C=O) groups is 2. The number of phenolic OH excluding ortho intramolecular Hbond substituents is 1. The fraction of sp³-hybridized carbons (Fsp3) is 0.226. The number of phenols is 1. The smallest absolute Gasteiger partial charge is 0.290 e. The van der Waals surface area contributed by atoms with Crippen LogP contribution in [-0.4, -0.2) is 40.5 Å². The zero-order valence-electron chi connectivity index (χ0n) is 21.9. The minimum absolute atomic E-state index is 0.0267. The molecule has 0 radical (unpaired) electrons. The number of benzene rings is 3. The molecule has 1 atom stereocenters. The number of aliphatic hydroxyl groups excluding tert-OH is 1. The first-order valence-electron chi connectivity index (χ1n) is 12.6. The number of carbonyl (C=O) groups excluding carboxylic acids is 2. The number of hydrogen-bond acceptors (Lipinski definition) is 7. The van der Waals surface area contributed by atoms with Gasteiger partial charge in [-0.25, -0.2) is 0 Å². The van der Waals surface area contributed by atoms with Crippen molar-refractivity contribution in [2.24, 2.45) is 5.92 Å². The Hall–Kier alpha value is -4.72. The van der Waals surface area contributed by atoms with Gasteiger partial charge in [-0.1, -0.05) is 50.2 Å². The molecular weight excluding hydrogens is 498 g/mol. The Labute approximate surface area is 225 Å². The van der Waals surface area contributed by atoms with E-state index in [1.807, 2.05) is 24.3 Å². The number of ketones is 1. The summed E-state index contributed by atoms with van der Waals surface area (Å²) in [5.41, 5.74) is 1.64. The van der Waals surface area contributed by atoms with Gasteiger partial charge in [0.25, 0.3) is 5.91 Å². The van der Waals surface area contributed by atoms with E-state index in [2.05, 4.69) is 13.8 Å². The lowest BCUT2D eigenvalue weighted by Crippen LogP contribution is -2.30. The maximum atomic E-state index is 13.8. The Morgan fingerprint density at radius 3 is 2.41 bits per heavy atom. The van der Waals surface area contributed by atoms with Crippen LogP contribution in [0.2, 0.25) is 0 Å². The van der Waals surface area contributed by atoms with Crippen LogP contribution in [0.15, 0.2) is 88.5 Å². The number of amides is 1. The van der Waals surface area contributed by atoms with E-state index < -0.39 is 23.5 Å². The van der Waals surface area contributed by atoms with Gasteiger partial charge in [0, 0.05) is 11.9 Å². The lowest BCUT2D eigenvalue weighted by atomic mass is 9.94. The molecule has 0 aliphatic carbocycles. The predicted molar refractivity (Wildman–Crippen MR) is 145 cm³/mol. The minimum atomic E-state index is -0.905. The second kappa shape index (κ2) is 10.6. The van der Waals surface area contributed by atoms with Crippen molar-refractivity contribution >= 4 is 22.7 Å². The number of rotatable bonds is 9. The van der Waals surface area contributed by atoms with E-state index in [4.69, 9.17) is 13.9 Å². The highest BCUT2D eigenvalue weighted by atomic mass is 16.5. The zero-order valence-corrected chi connectivity index (χ0v) is 21.9. The molecule has 0 saturated heterocycles. The van der Waals surface area contributed by atoms with Crippen molar-refractivity contribution in [3.63, 3.8) is 0 Å². The fourth-order valence-corrected chi connectivity index (χ4v) is 4.64. The summed E-state index contributed by atoms with van der Waals surface area (Å²) in [5, 5.41) is 21.5. The highest BCUT2D eigenvalue weighted by Crippen LogP contribution is 2.41. The SMILES string of the molecule is COc1cccc2cc(C(=O)C3=C(O)C(=O)N(Cc4ccc(OCC(C)C)cc4)C3c3ccc(O)cc3)oc12. The van der Waals surface area contributed by atoms with Crippen molar-refractivity contribution in [3.05, 3.63) is 101 Å². The molecule has 1 aliphatic heterocycles. The lowest BCUT2D eigenvalue weighted by Gasteiger charge is -2.27. The molecule has 2 N–H and O–H groups in total. The van der Waals surface area contributed by atoms with Crippen LogP contribution in [0.1, 0.15) is 41.6 Å². The first-order chi connectivity index (χ1) is 18.8. The summed E-state index contributed by atoms with van der Waals surface area (Å²) in [6.45, 7) is 4.85. The van der Waals surface area contributed by atoms with Crippen LogP contribution >= 0.6 is 0 Å². The standard InChI is InChI=1S/C31H29NO7/c1-18(2)17-38-23-13-7-19(8-14-23)16-32-27(20-9-11-22(33)12-10-20)26(29(35)31(32)36)28(34)25-15-21-5-4-6-24(37-3)30(21)39-25/h4-15,18,27,33,35H,16-17H2,1-3H3. The maximum absolute atomic E-state index is 13.8. The predicted octanol–water partition coefficient (Wildman–Crippen LogP) is 5.96. The number of para-hydroxylation sites is 1. The molecule has 0 bridgehead atoms. The number of hydrogen-bond donors (Lipinski definition) is 2. The normalized spacial score (nSPS) is 15.4. The molecule has 0 fully saturated rings. The number of Topliss-reactive ketones (excluding diaryl/α,β-unsaturated/α-hetero) is 1. The molecule has 1 amide bonds. The average molecular weight is 528 g/mol. The van der Waals surface area contributed by atoms with Crippen molar-refractivity contribution in [1.29, 1.82) is 0 Å². The largest absolute Gasteiger partial charge is 0.508 e. The van der Waals surface area contributed by atoms with E-state index in [-0.39, 0.29) is 23.6 Å². The molecular formula is C31H29NO7. The van der Waals surface area contributed by atoms with Crippen molar-refractivity contribution in [2.75, 3.05) is 13.7 Å². The van der Waals surface area contributed by atoms with E-state index >= 15 is 0 Å². The highest BCUT2D eigenvalue weighted by Gasteiger charge is 2.44. The molecule has 0 spiro atoms. The molecule has 4 aromatic rings. The van der Waals surface area contributed by atoms with Gasteiger partial charge in [0.2, 0.25) is 5.78 Å². The number of aliphatic hydroxyl groups is 1. The first kappa shape index (κ1) is 25.9. The molecule has 3 aromatic carbocycles. The molecule has 8 heteroatoms. The molecule has 1 unspecified atom stereocenters. The second-order valence-electron chi connectivity index (χ2n) is 9.86. The van der Waals surface area contributed by atoms with Gasteiger partial charge >= 0.3 is 0 Å². The minimum Gasteiger partial charge on any atom is -0.508 e. The summed E-state index contributed by atoms with van der Waals surface area (Å²) < 4.78 is 17.0. The zero-order chi connectivity index (χ0) is 27.7. The number of fused-ring (bicyclic) bond motifs is 1. The number of nitrogens with zero attached hydrogens (tertiary/aromatic N) is 1.